The molecule has 0 unspecified atom stereocenters. The van der Waals surface area contributed by atoms with Crippen LogP contribution < -0.4 is 17.2 Å². The number of amides is 3. The Morgan fingerprint density at radius 3 is 1.20 bits per heavy atom. The quantitative estimate of drug-likeness (QED) is 0.176. The van der Waals surface area contributed by atoms with Crippen LogP contribution in [0.15, 0.2) is 25.3 Å². The van der Waals surface area contributed by atoms with Crippen LogP contribution in [-0.2, 0) is 9.59 Å². The van der Waals surface area contributed by atoms with E-state index in [4.69, 9.17) is 15.6 Å². The molecule has 7 nitrogen and oxygen atoms in total. The summed E-state index contributed by atoms with van der Waals surface area (Å²) in [7, 11) is 0. The molecule has 0 radical (unpaired) electrons. The van der Waals surface area contributed by atoms with Gasteiger partial charge in [-0.1, -0.05) is 63.5 Å². The Hall–Kier alpha value is -2.31. The van der Waals surface area contributed by atoms with Crippen LogP contribution >= 0.6 is 0 Å². The fraction of sp³-hybridized carbons (Fsp3) is 0.696. The molecule has 176 valence electrons. The number of carbonyl (C=O) groups excluding carboxylic acids is 2. The minimum absolute atomic E-state index is 0.174. The van der Waals surface area contributed by atoms with Gasteiger partial charge in [-0.25, -0.2) is 4.79 Å². The molecule has 0 aromatic rings. The highest BCUT2D eigenvalue weighted by atomic mass is 16.4. The van der Waals surface area contributed by atoms with Crippen molar-refractivity contribution in [2.24, 2.45) is 17.2 Å². The van der Waals surface area contributed by atoms with Crippen molar-refractivity contribution in [3.05, 3.63) is 25.3 Å². The number of aliphatic carboxylic acids is 1. The summed E-state index contributed by atoms with van der Waals surface area (Å²) >= 11 is 0. The van der Waals surface area contributed by atoms with Gasteiger partial charge in [-0.15, -0.1) is 13.2 Å². The van der Waals surface area contributed by atoms with Gasteiger partial charge >= 0.3 is 12.0 Å². The Morgan fingerprint density at radius 2 is 0.900 bits per heavy atom. The van der Waals surface area contributed by atoms with Crippen LogP contribution in [0.2, 0.25) is 0 Å². The third-order valence-corrected chi connectivity index (χ3v) is 4.13. The Bertz CT molecular complexity index is 402. The van der Waals surface area contributed by atoms with E-state index in [0.717, 1.165) is 38.5 Å². The summed E-state index contributed by atoms with van der Waals surface area (Å²) in [6.45, 7) is 7.34. The van der Waals surface area contributed by atoms with Crippen LogP contribution in [-0.4, -0.2) is 23.0 Å². The van der Waals surface area contributed by atoms with E-state index in [-0.39, 0.29) is 5.91 Å². The summed E-state index contributed by atoms with van der Waals surface area (Å²) in [6.07, 6.45) is 20.9. The lowest BCUT2D eigenvalue weighted by Gasteiger charge is -1.99. The van der Waals surface area contributed by atoms with Crippen LogP contribution in [0.1, 0.15) is 103 Å². The summed E-state index contributed by atoms with van der Waals surface area (Å²) in [5, 5.41) is 8.38. The molecule has 0 atom stereocenters. The first-order chi connectivity index (χ1) is 14.3. The van der Waals surface area contributed by atoms with Crippen molar-refractivity contribution < 1.29 is 19.5 Å². The van der Waals surface area contributed by atoms with E-state index in [1.165, 1.54) is 51.4 Å². The maximum absolute atomic E-state index is 10.4. The normalized spacial score (nSPS) is 9.33. The molecule has 0 aromatic carbocycles. The molecule has 30 heavy (non-hydrogen) atoms. The van der Waals surface area contributed by atoms with Gasteiger partial charge in [-0.05, 0) is 38.5 Å². The molecule has 7 heteroatoms. The monoisotopic (exact) mass is 427 g/mol. The highest BCUT2D eigenvalue weighted by Gasteiger charge is 1.96. The number of carbonyl (C=O) groups is 3. The predicted molar refractivity (Wildman–Crippen MR) is 125 cm³/mol. The van der Waals surface area contributed by atoms with E-state index in [1.54, 1.807) is 0 Å². The number of carboxylic acids is 1. The number of urea groups is 1. The first-order valence-electron chi connectivity index (χ1n) is 11.0. The molecular weight excluding hydrogens is 382 g/mol. The second kappa shape index (κ2) is 28.9. The maximum atomic E-state index is 10.4. The van der Waals surface area contributed by atoms with Crippen molar-refractivity contribution in [2.75, 3.05) is 0 Å². The molecule has 0 saturated heterocycles. The van der Waals surface area contributed by atoms with Gasteiger partial charge in [0.05, 0.1) is 0 Å². The van der Waals surface area contributed by atoms with E-state index in [0.29, 0.717) is 12.8 Å². The average Bonchev–Trinajstić information content (AvgIpc) is 2.66. The fourth-order valence-electron chi connectivity index (χ4n) is 2.57. The largest absolute Gasteiger partial charge is 0.481 e. The Labute approximate surface area is 183 Å². The molecule has 0 bridgehead atoms. The lowest BCUT2D eigenvalue weighted by molar-refractivity contribution is -0.137. The van der Waals surface area contributed by atoms with E-state index >= 15 is 0 Å². The van der Waals surface area contributed by atoms with Crippen molar-refractivity contribution in [3.8, 4) is 0 Å². The summed E-state index contributed by atoms with van der Waals surface area (Å²) in [5.74, 6) is -0.849. The Balaban J connectivity index is -0.000000412. The number of allylic oxidation sites excluding steroid dienone is 2. The van der Waals surface area contributed by atoms with Gasteiger partial charge < -0.3 is 22.3 Å². The van der Waals surface area contributed by atoms with Crippen LogP contribution in [0.4, 0.5) is 4.79 Å². The topological polar surface area (TPSA) is 149 Å². The van der Waals surface area contributed by atoms with Crippen molar-refractivity contribution in [2.45, 2.75) is 103 Å². The third-order valence-electron chi connectivity index (χ3n) is 4.13. The molecule has 0 rings (SSSR count). The molecule has 0 aromatic heterocycles. The minimum Gasteiger partial charge on any atom is -0.481 e. The lowest BCUT2D eigenvalue weighted by atomic mass is 10.1. The summed E-state index contributed by atoms with van der Waals surface area (Å²) in [4.78, 5) is 29.5. The standard InChI is InChI=1S/C11H21NO.C11H20O2.CH4N2O/c2*1-2-3-4-5-6-7-8-9-10-11(12)13;2-1(3)4/h2H,1,3-10H2,(H2,12,13);2H,1,3-10H2,(H,12,13);(H4,2,3,4). The van der Waals surface area contributed by atoms with Crippen LogP contribution in [0.25, 0.3) is 0 Å². The molecule has 0 fully saturated rings. The number of primary amides is 3. The highest BCUT2D eigenvalue weighted by Crippen LogP contribution is 2.09. The SMILES string of the molecule is C=CCCCCCCCCC(=O)O.C=CCCCCCCCCC(N)=O.NC(N)=O. The zero-order chi connectivity index (χ0) is 23.5. The van der Waals surface area contributed by atoms with Crippen LogP contribution in [0, 0.1) is 0 Å². The van der Waals surface area contributed by atoms with Crippen molar-refractivity contribution in [1.29, 1.82) is 0 Å². The van der Waals surface area contributed by atoms with Crippen LogP contribution in [0.5, 0.6) is 0 Å². The number of unbranched alkanes of at least 4 members (excludes halogenated alkanes) is 12. The number of hydrogen-bond donors (Lipinski definition) is 4. The molecule has 0 aliphatic rings. The molecule has 0 aliphatic carbocycles. The second-order valence-electron chi connectivity index (χ2n) is 7.16. The summed E-state index contributed by atoms with van der Waals surface area (Å²) < 4.78 is 0. The fourth-order valence-corrected chi connectivity index (χ4v) is 2.57. The van der Waals surface area contributed by atoms with Gasteiger partial charge in [-0.2, -0.15) is 0 Å². The van der Waals surface area contributed by atoms with E-state index in [9.17, 15) is 9.59 Å². The molecule has 0 spiro atoms. The van der Waals surface area contributed by atoms with Crippen LogP contribution in [0.3, 0.4) is 0 Å². The summed E-state index contributed by atoms with van der Waals surface area (Å²) in [6, 6.07) is -0.833. The van der Waals surface area contributed by atoms with Gasteiger partial charge in [-0.3, -0.25) is 9.59 Å². The average molecular weight is 428 g/mol. The number of nitrogens with two attached hydrogens (primary N) is 3. The molecular formula is C23H45N3O4. The van der Waals surface area contributed by atoms with E-state index < -0.39 is 12.0 Å². The Morgan fingerprint density at radius 1 is 0.600 bits per heavy atom. The lowest BCUT2D eigenvalue weighted by Crippen LogP contribution is -2.18. The second-order valence-corrected chi connectivity index (χ2v) is 7.16. The molecule has 0 aliphatic heterocycles. The van der Waals surface area contributed by atoms with Crippen molar-refractivity contribution in [3.63, 3.8) is 0 Å². The molecule has 3 amide bonds. The molecule has 0 saturated carbocycles. The van der Waals surface area contributed by atoms with Gasteiger partial charge in [0.15, 0.2) is 0 Å². The summed E-state index contributed by atoms with van der Waals surface area (Å²) in [5.41, 5.74) is 13.5. The van der Waals surface area contributed by atoms with Gasteiger partial charge in [0.2, 0.25) is 5.91 Å². The van der Waals surface area contributed by atoms with Gasteiger partial charge in [0, 0.05) is 12.8 Å². The Kier molecular flexibility index (Phi) is 31.2. The first-order valence-corrected chi connectivity index (χ1v) is 11.0. The highest BCUT2D eigenvalue weighted by molar-refractivity contribution is 5.73. The van der Waals surface area contributed by atoms with E-state index in [1.807, 2.05) is 12.2 Å². The maximum Gasteiger partial charge on any atom is 0.309 e. The zero-order valence-corrected chi connectivity index (χ0v) is 18.8. The molecule has 0 heterocycles. The number of rotatable bonds is 18. The third kappa shape index (κ3) is 50.0. The van der Waals surface area contributed by atoms with Crippen molar-refractivity contribution in [1.82, 2.24) is 0 Å². The van der Waals surface area contributed by atoms with Crippen molar-refractivity contribution >= 4 is 17.9 Å². The number of carboxylic acid groups (broad SMARTS) is 1. The molecule has 7 N–H and O–H groups in total. The van der Waals surface area contributed by atoms with E-state index in [2.05, 4.69) is 24.6 Å². The number of hydrogen-bond acceptors (Lipinski definition) is 3. The minimum atomic E-state index is -0.833. The zero-order valence-electron chi connectivity index (χ0n) is 18.8. The smallest absolute Gasteiger partial charge is 0.309 e. The van der Waals surface area contributed by atoms with Gasteiger partial charge in [0.25, 0.3) is 0 Å². The first kappa shape index (κ1) is 32.4. The predicted octanol–water partition coefficient (Wildman–Crippen LogP) is 5.18. The van der Waals surface area contributed by atoms with Gasteiger partial charge in [0.1, 0.15) is 0 Å².